The standard InChI is InChI=1S/C16H23N3/c1-12(2)16-11-13-10-14(4-5-15(13)17-16)19-8-6-18(3)7-9-19/h4-5,10-12,17H,6-9H2,1-3H3. The van der Waals surface area contributed by atoms with E-state index in [1.54, 1.807) is 0 Å². The van der Waals surface area contributed by atoms with Crippen molar-refractivity contribution in [1.82, 2.24) is 9.88 Å². The third-order valence-electron chi connectivity index (χ3n) is 4.12. The fourth-order valence-electron chi connectivity index (χ4n) is 2.71. The minimum atomic E-state index is 0.555. The zero-order valence-electron chi connectivity index (χ0n) is 12.1. The first-order chi connectivity index (χ1) is 9.13. The van der Waals surface area contributed by atoms with Crippen LogP contribution in [0, 0.1) is 0 Å². The van der Waals surface area contributed by atoms with Gasteiger partial charge < -0.3 is 14.8 Å². The van der Waals surface area contributed by atoms with Gasteiger partial charge in [-0.2, -0.15) is 0 Å². The van der Waals surface area contributed by atoms with Gasteiger partial charge in [0.25, 0.3) is 0 Å². The van der Waals surface area contributed by atoms with Crippen LogP contribution in [0.1, 0.15) is 25.5 Å². The number of H-pyrrole nitrogens is 1. The third kappa shape index (κ3) is 2.47. The minimum absolute atomic E-state index is 0.555. The number of hydrogen-bond donors (Lipinski definition) is 1. The van der Waals surface area contributed by atoms with Gasteiger partial charge in [0.05, 0.1) is 0 Å². The van der Waals surface area contributed by atoms with Crippen molar-refractivity contribution >= 4 is 16.6 Å². The number of fused-ring (bicyclic) bond motifs is 1. The highest BCUT2D eigenvalue weighted by atomic mass is 15.2. The summed E-state index contributed by atoms with van der Waals surface area (Å²) in [5.41, 5.74) is 3.93. The van der Waals surface area contributed by atoms with Crippen molar-refractivity contribution < 1.29 is 0 Å². The molecule has 0 amide bonds. The van der Waals surface area contributed by atoms with Gasteiger partial charge in [-0.1, -0.05) is 13.8 Å². The molecule has 0 saturated carbocycles. The second kappa shape index (κ2) is 4.89. The zero-order valence-corrected chi connectivity index (χ0v) is 12.1. The second-order valence-electron chi connectivity index (χ2n) is 5.94. The summed E-state index contributed by atoms with van der Waals surface area (Å²) in [6.07, 6.45) is 0. The molecule has 1 fully saturated rings. The van der Waals surface area contributed by atoms with E-state index in [9.17, 15) is 0 Å². The first kappa shape index (κ1) is 12.5. The first-order valence-corrected chi connectivity index (χ1v) is 7.19. The number of nitrogens with zero attached hydrogens (tertiary/aromatic N) is 2. The topological polar surface area (TPSA) is 22.3 Å². The lowest BCUT2D eigenvalue weighted by atomic mass is 10.1. The molecule has 1 aliphatic rings. The molecule has 0 spiro atoms. The van der Waals surface area contributed by atoms with Gasteiger partial charge in [0, 0.05) is 48.5 Å². The number of likely N-dealkylation sites (N-methyl/N-ethyl adjacent to an activating group) is 1. The first-order valence-electron chi connectivity index (χ1n) is 7.19. The van der Waals surface area contributed by atoms with Crippen LogP contribution in [0.5, 0.6) is 0 Å². The lowest BCUT2D eigenvalue weighted by molar-refractivity contribution is 0.313. The third-order valence-corrected chi connectivity index (χ3v) is 4.12. The highest BCUT2D eigenvalue weighted by Gasteiger charge is 2.15. The van der Waals surface area contributed by atoms with Gasteiger partial charge in [-0.15, -0.1) is 0 Å². The summed E-state index contributed by atoms with van der Waals surface area (Å²) in [5, 5.41) is 1.33. The van der Waals surface area contributed by atoms with E-state index in [1.165, 1.54) is 22.3 Å². The number of hydrogen-bond acceptors (Lipinski definition) is 2. The van der Waals surface area contributed by atoms with Crippen molar-refractivity contribution in [3.63, 3.8) is 0 Å². The molecule has 102 valence electrons. The van der Waals surface area contributed by atoms with E-state index in [0.717, 1.165) is 26.2 Å². The summed E-state index contributed by atoms with van der Waals surface area (Å²) in [7, 11) is 2.20. The molecule has 3 rings (SSSR count). The van der Waals surface area contributed by atoms with Gasteiger partial charge in [0.1, 0.15) is 0 Å². The predicted octanol–water partition coefficient (Wildman–Crippen LogP) is 3.04. The highest BCUT2D eigenvalue weighted by molar-refractivity contribution is 5.84. The van der Waals surface area contributed by atoms with Gasteiger partial charge in [0.2, 0.25) is 0 Å². The molecule has 0 radical (unpaired) electrons. The van der Waals surface area contributed by atoms with Crippen molar-refractivity contribution in [3.05, 3.63) is 30.0 Å². The number of aromatic amines is 1. The van der Waals surface area contributed by atoms with Crippen LogP contribution in [-0.4, -0.2) is 43.1 Å². The Kier molecular flexibility index (Phi) is 3.23. The van der Waals surface area contributed by atoms with Crippen molar-refractivity contribution in [2.24, 2.45) is 0 Å². The van der Waals surface area contributed by atoms with Gasteiger partial charge >= 0.3 is 0 Å². The number of piperazine rings is 1. The summed E-state index contributed by atoms with van der Waals surface area (Å²) in [4.78, 5) is 8.38. The Labute approximate surface area is 115 Å². The average Bonchev–Trinajstić information content (AvgIpc) is 2.82. The summed E-state index contributed by atoms with van der Waals surface area (Å²) in [5.74, 6) is 0.555. The van der Waals surface area contributed by atoms with E-state index in [1.807, 2.05) is 0 Å². The van der Waals surface area contributed by atoms with Crippen LogP contribution in [0.4, 0.5) is 5.69 Å². The van der Waals surface area contributed by atoms with Crippen molar-refractivity contribution in [2.75, 3.05) is 38.1 Å². The predicted molar refractivity (Wildman–Crippen MR) is 82.1 cm³/mol. The number of aromatic nitrogens is 1. The van der Waals surface area contributed by atoms with Crippen LogP contribution in [0.2, 0.25) is 0 Å². The molecule has 2 heterocycles. The van der Waals surface area contributed by atoms with Crippen molar-refractivity contribution in [1.29, 1.82) is 0 Å². The Morgan fingerprint density at radius 1 is 1.05 bits per heavy atom. The number of nitrogens with one attached hydrogen (secondary N) is 1. The van der Waals surface area contributed by atoms with E-state index in [4.69, 9.17) is 0 Å². The SMILES string of the molecule is CC(C)c1cc2cc(N3CCN(C)CC3)ccc2[nH]1. The summed E-state index contributed by atoms with van der Waals surface area (Å²) < 4.78 is 0. The zero-order chi connectivity index (χ0) is 13.4. The largest absolute Gasteiger partial charge is 0.369 e. The lowest BCUT2D eigenvalue weighted by Gasteiger charge is -2.34. The van der Waals surface area contributed by atoms with Crippen LogP contribution in [0.15, 0.2) is 24.3 Å². The monoisotopic (exact) mass is 257 g/mol. The van der Waals surface area contributed by atoms with Crippen LogP contribution in [0.25, 0.3) is 10.9 Å². The van der Waals surface area contributed by atoms with Gasteiger partial charge in [-0.3, -0.25) is 0 Å². The quantitative estimate of drug-likeness (QED) is 0.893. The van der Waals surface area contributed by atoms with Crippen LogP contribution >= 0.6 is 0 Å². The smallest absolute Gasteiger partial charge is 0.0457 e. The Morgan fingerprint density at radius 2 is 1.79 bits per heavy atom. The molecule has 1 N–H and O–H groups in total. The molecule has 0 aliphatic carbocycles. The molecular weight excluding hydrogens is 234 g/mol. The Hall–Kier alpha value is -1.48. The Morgan fingerprint density at radius 3 is 2.47 bits per heavy atom. The molecule has 0 bridgehead atoms. The maximum atomic E-state index is 3.51. The second-order valence-corrected chi connectivity index (χ2v) is 5.94. The van der Waals surface area contributed by atoms with E-state index in [-0.39, 0.29) is 0 Å². The highest BCUT2D eigenvalue weighted by Crippen LogP contribution is 2.26. The van der Waals surface area contributed by atoms with Gasteiger partial charge in [0.15, 0.2) is 0 Å². The van der Waals surface area contributed by atoms with Crippen LogP contribution in [-0.2, 0) is 0 Å². The van der Waals surface area contributed by atoms with E-state index < -0.39 is 0 Å². The van der Waals surface area contributed by atoms with Crippen molar-refractivity contribution in [2.45, 2.75) is 19.8 Å². The molecule has 0 atom stereocenters. The summed E-state index contributed by atoms with van der Waals surface area (Å²) in [6, 6.07) is 9.08. The maximum Gasteiger partial charge on any atom is 0.0457 e. The molecule has 1 aliphatic heterocycles. The molecule has 1 saturated heterocycles. The normalized spacial score (nSPS) is 17.6. The lowest BCUT2D eigenvalue weighted by Crippen LogP contribution is -2.44. The van der Waals surface area contributed by atoms with Crippen molar-refractivity contribution in [3.8, 4) is 0 Å². The molecule has 1 aromatic heterocycles. The molecule has 3 nitrogen and oxygen atoms in total. The fraction of sp³-hybridized carbons (Fsp3) is 0.500. The molecular formula is C16H23N3. The van der Waals surface area contributed by atoms with E-state index >= 15 is 0 Å². The fourth-order valence-corrected chi connectivity index (χ4v) is 2.71. The summed E-state index contributed by atoms with van der Waals surface area (Å²) >= 11 is 0. The summed E-state index contributed by atoms with van der Waals surface area (Å²) in [6.45, 7) is 9.02. The number of rotatable bonds is 2. The molecule has 2 aromatic rings. The number of benzene rings is 1. The molecule has 3 heteroatoms. The van der Waals surface area contributed by atoms with E-state index in [2.05, 4.69) is 59.9 Å². The van der Waals surface area contributed by atoms with Crippen LogP contribution < -0.4 is 4.90 Å². The van der Waals surface area contributed by atoms with Crippen LogP contribution in [0.3, 0.4) is 0 Å². The number of anilines is 1. The van der Waals surface area contributed by atoms with E-state index in [0.29, 0.717) is 5.92 Å². The Bertz CT molecular complexity index is 562. The van der Waals surface area contributed by atoms with Gasteiger partial charge in [-0.25, -0.2) is 0 Å². The maximum absolute atomic E-state index is 3.51. The molecule has 1 aromatic carbocycles. The molecule has 19 heavy (non-hydrogen) atoms. The minimum Gasteiger partial charge on any atom is -0.369 e. The molecule has 0 unspecified atom stereocenters. The van der Waals surface area contributed by atoms with Gasteiger partial charge in [-0.05, 0) is 37.2 Å². The average molecular weight is 257 g/mol. The Balaban J connectivity index is 1.88.